The number of aromatic nitrogens is 1. The van der Waals surface area contributed by atoms with Gasteiger partial charge in [0.1, 0.15) is 0 Å². The second kappa shape index (κ2) is 7.44. The average molecular weight is 349 g/mol. The molecule has 26 heavy (non-hydrogen) atoms. The van der Waals surface area contributed by atoms with Crippen LogP contribution in [0.4, 0.5) is 0 Å². The van der Waals surface area contributed by atoms with Gasteiger partial charge in [-0.05, 0) is 56.3 Å². The van der Waals surface area contributed by atoms with Crippen molar-refractivity contribution in [3.05, 3.63) is 48.5 Å². The molecule has 0 N–H and O–H groups in total. The van der Waals surface area contributed by atoms with Gasteiger partial charge in [0.25, 0.3) is 0 Å². The van der Waals surface area contributed by atoms with Gasteiger partial charge in [0, 0.05) is 34.9 Å². The van der Waals surface area contributed by atoms with Crippen LogP contribution in [-0.4, -0.2) is 29.1 Å². The highest BCUT2D eigenvalue weighted by atomic mass is 15.1. The molecule has 138 valence electrons. The molecule has 0 atom stereocenters. The number of piperidine rings is 1. The predicted octanol–water partition coefficient (Wildman–Crippen LogP) is 6.09. The minimum Gasteiger partial charge on any atom is -0.340 e. The number of rotatable bonds is 6. The molecule has 3 aromatic rings. The third-order valence-electron chi connectivity index (χ3n) is 6.02. The van der Waals surface area contributed by atoms with Gasteiger partial charge in [-0.2, -0.15) is 0 Å². The Kier molecular flexibility index (Phi) is 5.04. The normalized spacial score (nSPS) is 17.9. The summed E-state index contributed by atoms with van der Waals surface area (Å²) in [5.74, 6) is 0. The molecule has 1 saturated heterocycles. The number of hydrogen-bond donors (Lipinski definition) is 0. The number of benzene rings is 2. The molecule has 1 aliphatic rings. The van der Waals surface area contributed by atoms with E-state index >= 15 is 0 Å². The molecule has 2 aromatic carbocycles. The first-order valence-corrected chi connectivity index (χ1v) is 10.3. The highest BCUT2D eigenvalue weighted by Crippen LogP contribution is 2.30. The third-order valence-corrected chi connectivity index (χ3v) is 6.02. The molecule has 4 rings (SSSR count). The number of nitrogens with zero attached hydrogens (tertiary/aromatic N) is 2. The number of likely N-dealkylation sites (tertiary alicyclic amines) is 1. The number of para-hydroxylation sites is 2. The maximum absolute atomic E-state index is 2.68. The van der Waals surface area contributed by atoms with E-state index in [2.05, 4.69) is 71.8 Å². The van der Waals surface area contributed by atoms with Crippen molar-refractivity contribution < 1.29 is 0 Å². The van der Waals surface area contributed by atoms with Gasteiger partial charge in [-0.15, -0.1) is 0 Å². The largest absolute Gasteiger partial charge is 0.340 e. The lowest BCUT2D eigenvalue weighted by atomic mass is 9.84. The Balaban J connectivity index is 1.36. The SMILES string of the molecule is CC1(C)CCCN(CCCCCn2c3ccccc3c3ccccc32)C1. The van der Waals surface area contributed by atoms with Crippen molar-refractivity contribution in [2.24, 2.45) is 5.41 Å². The molecule has 2 nitrogen and oxygen atoms in total. The van der Waals surface area contributed by atoms with Crippen molar-refractivity contribution in [2.75, 3.05) is 19.6 Å². The molecule has 0 saturated carbocycles. The molecule has 2 heteroatoms. The zero-order chi connectivity index (χ0) is 18.0. The van der Waals surface area contributed by atoms with Crippen molar-refractivity contribution in [3.8, 4) is 0 Å². The maximum Gasteiger partial charge on any atom is 0.0491 e. The van der Waals surface area contributed by atoms with Crippen molar-refractivity contribution in [1.82, 2.24) is 9.47 Å². The van der Waals surface area contributed by atoms with E-state index in [0.29, 0.717) is 5.41 Å². The Morgan fingerprint density at radius 3 is 2.08 bits per heavy atom. The summed E-state index contributed by atoms with van der Waals surface area (Å²) in [6.07, 6.45) is 6.66. The monoisotopic (exact) mass is 348 g/mol. The molecule has 0 unspecified atom stereocenters. The van der Waals surface area contributed by atoms with Gasteiger partial charge in [-0.3, -0.25) is 0 Å². The topological polar surface area (TPSA) is 8.17 Å². The van der Waals surface area contributed by atoms with Crippen LogP contribution in [0.3, 0.4) is 0 Å². The van der Waals surface area contributed by atoms with Gasteiger partial charge in [-0.1, -0.05) is 56.7 Å². The molecule has 0 radical (unpaired) electrons. The van der Waals surface area contributed by atoms with E-state index in [1.807, 2.05) is 0 Å². The Hall–Kier alpha value is -1.80. The summed E-state index contributed by atoms with van der Waals surface area (Å²) >= 11 is 0. The number of hydrogen-bond acceptors (Lipinski definition) is 1. The van der Waals surface area contributed by atoms with Crippen LogP contribution in [-0.2, 0) is 6.54 Å². The summed E-state index contributed by atoms with van der Waals surface area (Å²) in [5.41, 5.74) is 3.28. The van der Waals surface area contributed by atoms with Crippen molar-refractivity contribution in [3.63, 3.8) is 0 Å². The molecule has 1 fully saturated rings. The van der Waals surface area contributed by atoms with E-state index in [1.54, 1.807) is 0 Å². The zero-order valence-corrected chi connectivity index (χ0v) is 16.4. The molecular weight excluding hydrogens is 316 g/mol. The van der Waals surface area contributed by atoms with E-state index < -0.39 is 0 Å². The third kappa shape index (κ3) is 3.66. The van der Waals surface area contributed by atoms with E-state index in [-0.39, 0.29) is 0 Å². The lowest BCUT2D eigenvalue weighted by Gasteiger charge is -2.38. The van der Waals surface area contributed by atoms with E-state index in [0.717, 1.165) is 6.54 Å². The van der Waals surface area contributed by atoms with Crippen LogP contribution in [0.2, 0.25) is 0 Å². The highest BCUT2D eigenvalue weighted by Gasteiger charge is 2.25. The van der Waals surface area contributed by atoms with E-state index in [4.69, 9.17) is 0 Å². The van der Waals surface area contributed by atoms with Gasteiger partial charge in [0.15, 0.2) is 0 Å². The van der Waals surface area contributed by atoms with Gasteiger partial charge in [0.05, 0.1) is 0 Å². The molecular formula is C24H32N2. The zero-order valence-electron chi connectivity index (χ0n) is 16.4. The molecule has 1 aromatic heterocycles. The Labute approximate surface area is 157 Å². The van der Waals surface area contributed by atoms with Gasteiger partial charge >= 0.3 is 0 Å². The molecule has 1 aliphatic heterocycles. The Morgan fingerprint density at radius 2 is 1.42 bits per heavy atom. The standard InChI is InChI=1S/C24H32N2/c1-24(2)15-10-17-25(19-24)16-8-3-9-18-26-22-13-6-4-11-20(22)21-12-5-7-14-23(21)26/h4-7,11-14H,3,8-10,15-19H2,1-2H3. The number of fused-ring (bicyclic) bond motifs is 3. The number of unbranched alkanes of at least 4 members (excludes halogenated alkanes) is 2. The molecule has 2 heterocycles. The molecule has 0 bridgehead atoms. The Morgan fingerprint density at radius 1 is 0.808 bits per heavy atom. The summed E-state index contributed by atoms with van der Waals surface area (Å²) in [6.45, 7) is 9.81. The van der Waals surface area contributed by atoms with Gasteiger partial charge < -0.3 is 9.47 Å². The molecule has 0 amide bonds. The fourth-order valence-corrected chi connectivity index (χ4v) is 4.76. The first kappa shape index (κ1) is 17.6. The lowest BCUT2D eigenvalue weighted by Crippen LogP contribution is -2.40. The first-order chi connectivity index (χ1) is 12.6. The average Bonchev–Trinajstić information content (AvgIpc) is 2.95. The minimum atomic E-state index is 0.515. The predicted molar refractivity (Wildman–Crippen MR) is 113 cm³/mol. The second-order valence-corrected chi connectivity index (χ2v) is 8.79. The summed E-state index contributed by atoms with van der Waals surface area (Å²) in [5, 5.41) is 2.78. The van der Waals surface area contributed by atoms with Crippen molar-refractivity contribution in [1.29, 1.82) is 0 Å². The minimum absolute atomic E-state index is 0.515. The maximum atomic E-state index is 2.68. The molecule has 0 aliphatic carbocycles. The lowest BCUT2D eigenvalue weighted by molar-refractivity contribution is 0.116. The van der Waals surface area contributed by atoms with Gasteiger partial charge in [0.2, 0.25) is 0 Å². The Bertz CT molecular complexity index is 821. The smallest absolute Gasteiger partial charge is 0.0491 e. The van der Waals surface area contributed by atoms with Crippen LogP contribution >= 0.6 is 0 Å². The second-order valence-electron chi connectivity index (χ2n) is 8.79. The van der Waals surface area contributed by atoms with Crippen LogP contribution in [0.25, 0.3) is 21.8 Å². The van der Waals surface area contributed by atoms with Crippen LogP contribution < -0.4 is 0 Å². The van der Waals surface area contributed by atoms with Crippen LogP contribution in [0.5, 0.6) is 0 Å². The fourth-order valence-electron chi connectivity index (χ4n) is 4.76. The van der Waals surface area contributed by atoms with Crippen LogP contribution in [0, 0.1) is 5.41 Å². The summed E-state index contributed by atoms with van der Waals surface area (Å²) < 4.78 is 2.52. The van der Waals surface area contributed by atoms with E-state index in [9.17, 15) is 0 Å². The van der Waals surface area contributed by atoms with Crippen molar-refractivity contribution >= 4 is 21.8 Å². The van der Waals surface area contributed by atoms with Crippen LogP contribution in [0.15, 0.2) is 48.5 Å². The van der Waals surface area contributed by atoms with E-state index in [1.165, 1.54) is 73.5 Å². The first-order valence-electron chi connectivity index (χ1n) is 10.3. The van der Waals surface area contributed by atoms with Gasteiger partial charge in [-0.25, -0.2) is 0 Å². The summed E-state index contributed by atoms with van der Waals surface area (Å²) in [7, 11) is 0. The number of aryl methyl sites for hydroxylation is 1. The van der Waals surface area contributed by atoms with Crippen LogP contribution in [0.1, 0.15) is 46.0 Å². The quantitative estimate of drug-likeness (QED) is 0.490. The van der Waals surface area contributed by atoms with Crippen molar-refractivity contribution in [2.45, 2.75) is 52.5 Å². The fraction of sp³-hybridized carbons (Fsp3) is 0.500. The summed E-state index contributed by atoms with van der Waals surface area (Å²) in [4.78, 5) is 2.68. The molecule has 0 spiro atoms. The summed E-state index contributed by atoms with van der Waals surface area (Å²) in [6, 6.07) is 17.7. The highest BCUT2D eigenvalue weighted by molar-refractivity contribution is 6.07.